The first kappa shape index (κ1) is 21.6. The number of hydrogen-bond donors (Lipinski definition) is 1. The summed E-state index contributed by atoms with van der Waals surface area (Å²) in [6.07, 6.45) is 12.7. The fraction of sp³-hybridized carbons (Fsp3) is 0.846. The van der Waals surface area contributed by atoms with Crippen molar-refractivity contribution in [2.75, 3.05) is 13.7 Å². The SMILES string of the molecule is COCC1C[C@@](C)(O)C[C@@H]2CC[C@@H]3[C@H](CC[C@]4(C)[C@@H](C(=O)Cn5cccn5)CC[C@@H]34)C12. The van der Waals surface area contributed by atoms with Crippen molar-refractivity contribution in [3.8, 4) is 0 Å². The summed E-state index contributed by atoms with van der Waals surface area (Å²) in [6.45, 7) is 5.65. The highest BCUT2D eigenvalue weighted by atomic mass is 16.5. The third-order valence-corrected chi connectivity index (χ3v) is 10.00. The number of nitrogens with zero attached hydrogens (tertiary/aromatic N) is 2. The second-order valence-corrected chi connectivity index (χ2v) is 11.8. The number of ketones is 1. The van der Waals surface area contributed by atoms with E-state index < -0.39 is 5.60 Å². The van der Waals surface area contributed by atoms with Gasteiger partial charge in [0.05, 0.1) is 12.1 Å². The zero-order valence-corrected chi connectivity index (χ0v) is 19.5. The number of aliphatic hydroxyl groups is 1. The monoisotopic (exact) mass is 428 g/mol. The van der Waals surface area contributed by atoms with Gasteiger partial charge in [-0.2, -0.15) is 5.10 Å². The van der Waals surface area contributed by atoms with Crippen molar-refractivity contribution < 1.29 is 14.6 Å². The van der Waals surface area contributed by atoms with Crippen LogP contribution in [0.25, 0.3) is 0 Å². The molecule has 0 radical (unpaired) electrons. The predicted molar refractivity (Wildman–Crippen MR) is 119 cm³/mol. The Hall–Kier alpha value is -1.20. The molecule has 1 N–H and O–H groups in total. The number of aromatic nitrogens is 2. The van der Waals surface area contributed by atoms with Crippen LogP contribution < -0.4 is 0 Å². The lowest BCUT2D eigenvalue weighted by Crippen LogP contribution is -2.54. The second-order valence-electron chi connectivity index (χ2n) is 11.8. The molecule has 5 nitrogen and oxygen atoms in total. The molecular weight excluding hydrogens is 388 g/mol. The van der Waals surface area contributed by atoms with E-state index in [0.717, 1.165) is 37.7 Å². The Morgan fingerprint density at radius 1 is 1.16 bits per heavy atom. The first-order chi connectivity index (χ1) is 14.8. The number of carbonyl (C=O) groups is 1. The van der Waals surface area contributed by atoms with E-state index in [1.807, 2.05) is 26.3 Å². The van der Waals surface area contributed by atoms with Gasteiger partial charge in [-0.1, -0.05) is 6.92 Å². The van der Waals surface area contributed by atoms with Gasteiger partial charge in [-0.3, -0.25) is 9.48 Å². The Morgan fingerprint density at radius 3 is 2.74 bits per heavy atom. The summed E-state index contributed by atoms with van der Waals surface area (Å²) in [5, 5.41) is 15.2. The summed E-state index contributed by atoms with van der Waals surface area (Å²) < 4.78 is 7.44. The highest BCUT2D eigenvalue weighted by Gasteiger charge is 2.60. The predicted octanol–water partition coefficient (Wildman–Crippen LogP) is 4.34. The molecule has 5 heteroatoms. The molecule has 0 aromatic carbocycles. The third-order valence-electron chi connectivity index (χ3n) is 10.00. The Labute approximate surface area is 186 Å². The van der Waals surface area contributed by atoms with Crippen molar-refractivity contribution in [3.63, 3.8) is 0 Å². The third kappa shape index (κ3) is 3.70. The van der Waals surface area contributed by atoms with Crippen LogP contribution in [-0.4, -0.2) is 40.0 Å². The minimum atomic E-state index is -0.544. The van der Waals surface area contributed by atoms with E-state index in [-0.39, 0.29) is 11.3 Å². The van der Waals surface area contributed by atoms with Crippen molar-refractivity contribution in [2.24, 2.45) is 46.8 Å². The van der Waals surface area contributed by atoms with Crippen LogP contribution in [0.15, 0.2) is 18.5 Å². The molecule has 1 aromatic rings. The standard InChI is InChI=1S/C26H40N2O3/c1-25(30)13-17-5-6-19-20(24(17)18(14-25)16-31-3)9-10-26(2)21(19)7-8-22(26)23(29)15-28-12-4-11-27-28/h4,11-12,17-22,24,30H,5-10,13-16H2,1-3H3/t17-,18?,19+,20-,21-,22+,24?,25-,26-/m0/s1. The van der Waals surface area contributed by atoms with Gasteiger partial charge in [0.25, 0.3) is 0 Å². The number of rotatable bonds is 5. The molecule has 2 unspecified atom stereocenters. The van der Waals surface area contributed by atoms with Crippen LogP contribution in [-0.2, 0) is 16.1 Å². The molecule has 1 aromatic heterocycles. The lowest BCUT2D eigenvalue weighted by atomic mass is 9.47. The molecule has 31 heavy (non-hydrogen) atoms. The molecule has 0 amide bonds. The molecule has 4 aliphatic rings. The Kier molecular flexibility index (Phi) is 5.57. The normalized spacial score (nSPS) is 46.8. The van der Waals surface area contributed by atoms with E-state index in [1.54, 1.807) is 10.9 Å². The van der Waals surface area contributed by atoms with Crippen LogP contribution in [0.5, 0.6) is 0 Å². The number of carbonyl (C=O) groups excluding carboxylic acids is 1. The van der Waals surface area contributed by atoms with E-state index in [4.69, 9.17) is 4.74 Å². The zero-order chi connectivity index (χ0) is 21.8. The molecule has 1 heterocycles. The van der Waals surface area contributed by atoms with E-state index in [2.05, 4.69) is 12.0 Å². The van der Waals surface area contributed by atoms with Crippen LogP contribution in [0, 0.1) is 46.8 Å². The summed E-state index contributed by atoms with van der Waals surface area (Å²) in [5.74, 6) is 4.50. The van der Waals surface area contributed by atoms with Gasteiger partial charge >= 0.3 is 0 Å². The molecule has 4 saturated carbocycles. The first-order valence-corrected chi connectivity index (χ1v) is 12.5. The number of ether oxygens (including phenoxy) is 1. The second kappa shape index (κ2) is 7.98. The summed E-state index contributed by atoms with van der Waals surface area (Å²) in [5.41, 5.74) is -0.396. The van der Waals surface area contributed by atoms with Crippen molar-refractivity contribution in [1.82, 2.24) is 9.78 Å². The Bertz CT molecular complexity index is 791. The van der Waals surface area contributed by atoms with Gasteiger partial charge in [0.1, 0.15) is 0 Å². The minimum Gasteiger partial charge on any atom is -0.390 e. The van der Waals surface area contributed by atoms with Crippen LogP contribution in [0.4, 0.5) is 0 Å². The zero-order valence-electron chi connectivity index (χ0n) is 19.5. The Morgan fingerprint density at radius 2 is 2.00 bits per heavy atom. The lowest BCUT2D eigenvalue weighted by Gasteiger charge is -2.58. The molecule has 0 aliphatic heterocycles. The van der Waals surface area contributed by atoms with Crippen LogP contribution in [0.1, 0.15) is 65.2 Å². The van der Waals surface area contributed by atoms with Crippen LogP contribution in [0.3, 0.4) is 0 Å². The molecule has 0 bridgehead atoms. The summed E-state index contributed by atoms with van der Waals surface area (Å²) >= 11 is 0. The van der Waals surface area contributed by atoms with Gasteiger partial charge < -0.3 is 9.84 Å². The van der Waals surface area contributed by atoms with Gasteiger partial charge in [0.2, 0.25) is 0 Å². The molecule has 4 fully saturated rings. The fourth-order valence-electron chi connectivity index (χ4n) is 9.06. The van der Waals surface area contributed by atoms with E-state index in [1.165, 1.54) is 32.1 Å². The molecule has 5 rings (SSSR count). The van der Waals surface area contributed by atoms with E-state index >= 15 is 0 Å². The van der Waals surface area contributed by atoms with Gasteiger partial charge in [0, 0.05) is 32.0 Å². The average molecular weight is 429 g/mol. The average Bonchev–Trinajstić information content (AvgIpc) is 3.33. The van der Waals surface area contributed by atoms with E-state index in [0.29, 0.717) is 36.0 Å². The summed E-state index contributed by atoms with van der Waals surface area (Å²) in [4.78, 5) is 13.3. The topological polar surface area (TPSA) is 64.3 Å². The van der Waals surface area contributed by atoms with Crippen molar-refractivity contribution in [1.29, 1.82) is 0 Å². The highest BCUT2D eigenvalue weighted by molar-refractivity contribution is 5.82. The maximum absolute atomic E-state index is 13.3. The molecule has 0 saturated heterocycles. The lowest BCUT2D eigenvalue weighted by molar-refractivity contribution is -0.143. The minimum absolute atomic E-state index is 0.148. The summed E-state index contributed by atoms with van der Waals surface area (Å²) in [6, 6.07) is 1.90. The fourth-order valence-corrected chi connectivity index (χ4v) is 9.06. The van der Waals surface area contributed by atoms with Gasteiger partial charge in [-0.25, -0.2) is 0 Å². The van der Waals surface area contributed by atoms with Crippen molar-refractivity contribution in [3.05, 3.63) is 18.5 Å². The molecule has 9 atom stereocenters. The van der Waals surface area contributed by atoms with Crippen molar-refractivity contribution in [2.45, 2.75) is 77.4 Å². The smallest absolute Gasteiger partial charge is 0.157 e. The number of Topliss-reactive ketones (excluding diaryl/α,β-unsaturated/α-hetero) is 1. The first-order valence-electron chi connectivity index (χ1n) is 12.5. The van der Waals surface area contributed by atoms with Gasteiger partial charge in [-0.05, 0) is 105 Å². The molecular formula is C26H40N2O3. The Balaban J connectivity index is 1.35. The number of hydrogen-bond acceptors (Lipinski definition) is 4. The summed E-state index contributed by atoms with van der Waals surface area (Å²) in [7, 11) is 1.81. The molecule has 172 valence electrons. The molecule has 0 spiro atoms. The maximum atomic E-state index is 13.3. The van der Waals surface area contributed by atoms with Crippen LogP contribution in [0.2, 0.25) is 0 Å². The number of fused-ring (bicyclic) bond motifs is 5. The van der Waals surface area contributed by atoms with E-state index in [9.17, 15) is 9.90 Å². The highest BCUT2D eigenvalue weighted by Crippen LogP contribution is 2.65. The van der Waals surface area contributed by atoms with Crippen LogP contribution >= 0.6 is 0 Å². The largest absolute Gasteiger partial charge is 0.390 e. The number of methoxy groups -OCH3 is 1. The van der Waals surface area contributed by atoms with Gasteiger partial charge in [0.15, 0.2) is 5.78 Å². The van der Waals surface area contributed by atoms with Crippen molar-refractivity contribution >= 4 is 5.78 Å². The maximum Gasteiger partial charge on any atom is 0.157 e. The quantitative estimate of drug-likeness (QED) is 0.757. The van der Waals surface area contributed by atoms with Gasteiger partial charge in [-0.15, -0.1) is 0 Å². The molecule has 4 aliphatic carbocycles.